The van der Waals surface area contributed by atoms with Crippen molar-refractivity contribution in [1.82, 2.24) is 14.9 Å². The highest BCUT2D eigenvalue weighted by Gasteiger charge is 2.37. The van der Waals surface area contributed by atoms with Gasteiger partial charge in [0.15, 0.2) is 0 Å². The molecule has 3 aliphatic rings. The number of nitrogens with one attached hydrogen (secondary N) is 2. The molecule has 4 atom stereocenters. The van der Waals surface area contributed by atoms with Crippen molar-refractivity contribution in [1.29, 1.82) is 0 Å². The smallest absolute Gasteiger partial charge is 0.326 e. The van der Waals surface area contributed by atoms with Crippen LogP contribution in [0.15, 0.2) is 11.1 Å². The van der Waals surface area contributed by atoms with Gasteiger partial charge in [0, 0.05) is 6.54 Å². The van der Waals surface area contributed by atoms with E-state index in [-0.39, 0.29) is 23.9 Å². The third-order valence-corrected chi connectivity index (χ3v) is 6.24. The zero-order valence-corrected chi connectivity index (χ0v) is 15.7. The van der Waals surface area contributed by atoms with E-state index in [1.807, 2.05) is 0 Å². The molecule has 1 aromatic rings. The molecule has 3 heterocycles. The zero-order valence-electron chi connectivity index (χ0n) is 15.7. The Morgan fingerprint density at radius 3 is 2.85 bits per heavy atom. The lowest BCUT2D eigenvalue weighted by molar-refractivity contribution is -0.140. The molecule has 148 valence electrons. The van der Waals surface area contributed by atoms with E-state index >= 15 is 0 Å². The molecule has 1 saturated heterocycles. The number of carboxylic acids is 1. The summed E-state index contributed by atoms with van der Waals surface area (Å²) in [5, 5.41) is 16.0. The summed E-state index contributed by atoms with van der Waals surface area (Å²) < 4.78 is 7.49. The van der Waals surface area contributed by atoms with Gasteiger partial charge in [0.05, 0.1) is 24.2 Å². The van der Waals surface area contributed by atoms with Crippen LogP contribution in [0.4, 0.5) is 5.69 Å². The topological polar surface area (TPSA) is 105 Å². The van der Waals surface area contributed by atoms with E-state index in [1.54, 1.807) is 0 Å². The molecular formula is C19H28N4O4. The Labute approximate surface area is 158 Å². The molecule has 1 aliphatic carbocycles. The molecule has 3 N–H and O–H groups in total. The number of carboxylic acid groups (broad SMARTS) is 1. The predicted octanol–water partition coefficient (Wildman–Crippen LogP) is 1.51. The van der Waals surface area contributed by atoms with Crippen LogP contribution in [0.1, 0.15) is 57.2 Å². The minimum Gasteiger partial charge on any atom is -0.480 e. The van der Waals surface area contributed by atoms with E-state index < -0.39 is 12.0 Å². The van der Waals surface area contributed by atoms with Gasteiger partial charge in [-0.15, -0.1) is 0 Å². The molecule has 0 amide bonds. The first kappa shape index (κ1) is 18.4. The summed E-state index contributed by atoms with van der Waals surface area (Å²) in [5.41, 5.74) is 0.806. The molecule has 0 aromatic carbocycles. The van der Waals surface area contributed by atoms with Gasteiger partial charge in [0.1, 0.15) is 18.0 Å². The average Bonchev–Trinajstić information content (AvgIpc) is 3.18. The number of aromatic nitrogens is 2. The van der Waals surface area contributed by atoms with Crippen molar-refractivity contribution < 1.29 is 14.6 Å². The highest BCUT2D eigenvalue weighted by Crippen LogP contribution is 2.31. The van der Waals surface area contributed by atoms with Crippen molar-refractivity contribution in [3.63, 3.8) is 0 Å². The van der Waals surface area contributed by atoms with E-state index in [1.165, 1.54) is 49.9 Å². The number of hydrogen-bond donors (Lipinski definition) is 3. The number of anilines is 1. The van der Waals surface area contributed by atoms with Gasteiger partial charge in [-0.1, -0.05) is 19.3 Å². The second-order valence-electron chi connectivity index (χ2n) is 7.98. The lowest BCUT2D eigenvalue weighted by Crippen LogP contribution is -2.43. The van der Waals surface area contributed by atoms with Crippen molar-refractivity contribution in [3.8, 4) is 0 Å². The Hall–Kier alpha value is -1.93. The average molecular weight is 376 g/mol. The number of nitrogens with zero attached hydrogens (tertiary/aromatic N) is 2. The summed E-state index contributed by atoms with van der Waals surface area (Å²) >= 11 is 0. The number of rotatable bonds is 4. The summed E-state index contributed by atoms with van der Waals surface area (Å²) in [6.07, 6.45) is 9.31. The molecule has 4 rings (SSSR count). The van der Waals surface area contributed by atoms with Crippen LogP contribution in [0.25, 0.3) is 0 Å². The third-order valence-electron chi connectivity index (χ3n) is 6.24. The third kappa shape index (κ3) is 3.60. The maximum absolute atomic E-state index is 12.8. The van der Waals surface area contributed by atoms with Crippen molar-refractivity contribution in [2.45, 2.75) is 76.3 Å². The molecule has 8 heteroatoms. The van der Waals surface area contributed by atoms with E-state index in [0.29, 0.717) is 23.7 Å². The molecular weight excluding hydrogens is 348 g/mol. The van der Waals surface area contributed by atoms with Gasteiger partial charge >= 0.3 is 5.97 Å². The minimum atomic E-state index is -1.05. The highest BCUT2D eigenvalue weighted by atomic mass is 16.5. The fourth-order valence-corrected chi connectivity index (χ4v) is 4.53. The van der Waals surface area contributed by atoms with Gasteiger partial charge in [-0.05, 0) is 38.5 Å². The Morgan fingerprint density at radius 2 is 2.11 bits per heavy atom. The largest absolute Gasteiger partial charge is 0.480 e. The first-order valence-electron chi connectivity index (χ1n) is 10.0. The molecule has 0 spiro atoms. The molecule has 0 radical (unpaired) electrons. The predicted molar refractivity (Wildman–Crippen MR) is 99.8 cm³/mol. The van der Waals surface area contributed by atoms with Crippen molar-refractivity contribution in [2.75, 3.05) is 11.9 Å². The molecule has 27 heavy (non-hydrogen) atoms. The maximum Gasteiger partial charge on any atom is 0.326 e. The van der Waals surface area contributed by atoms with Gasteiger partial charge < -0.3 is 15.2 Å². The summed E-state index contributed by atoms with van der Waals surface area (Å²) in [6.45, 7) is 2.25. The molecule has 8 nitrogen and oxygen atoms in total. The van der Waals surface area contributed by atoms with Gasteiger partial charge in [-0.2, -0.15) is 0 Å². The van der Waals surface area contributed by atoms with E-state index in [9.17, 15) is 14.7 Å². The number of carbonyl (C=O) groups is 1. The van der Waals surface area contributed by atoms with Crippen LogP contribution in [-0.2, 0) is 16.0 Å². The van der Waals surface area contributed by atoms with E-state index in [2.05, 4.69) is 15.6 Å². The number of fused-ring (bicyclic) bond motifs is 1. The molecule has 2 fully saturated rings. The van der Waals surface area contributed by atoms with Crippen LogP contribution in [0.5, 0.6) is 0 Å². The Bertz CT molecular complexity index is 759. The fourth-order valence-electron chi connectivity index (χ4n) is 4.53. The summed E-state index contributed by atoms with van der Waals surface area (Å²) in [6, 6.07) is -0.915. The van der Waals surface area contributed by atoms with E-state index in [4.69, 9.17) is 4.74 Å². The van der Waals surface area contributed by atoms with Gasteiger partial charge in [-0.3, -0.25) is 14.7 Å². The van der Waals surface area contributed by atoms with Crippen molar-refractivity contribution in [2.24, 2.45) is 5.92 Å². The fraction of sp³-hybridized carbons (Fsp3) is 0.737. The lowest BCUT2D eigenvalue weighted by atomic mass is 9.88. The standard InChI is InChI=1S/C19H28N4O4/c1-11(19(25)26)23-10-21-14-8-7-13(22-16(14)18(23)24)15-9-20-17(27-15)12-5-3-2-4-6-12/h10-13,15,17,20,22H,2-9H2,1H3,(H,25,26)/t11-,13?,15?,17?/m1/s1. The first-order valence-corrected chi connectivity index (χ1v) is 10.0. The highest BCUT2D eigenvalue weighted by molar-refractivity contribution is 5.71. The first-order chi connectivity index (χ1) is 13.0. The minimum absolute atomic E-state index is 0.00929. The molecule has 0 bridgehead atoms. The SMILES string of the molecule is C[C@H](C(=O)O)n1cnc2c(c1=O)NC(C1CNC(C3CCCCC3)O1)CC2. The van der Waals surface area contributed by atoms with Crippen LogP contribution >= 0.6 is 0 Å². The summed E-state index contributed by atoms with van der Waals surface area (Å²) in [4.78, 5) is 28.3. The monoisotopic (exact) mass is 376 g/mol. The van der Waals surface area contributed by atoms with E-state index in [0.717, 1.165) is 13.0 Å². The number of aliphatic carboxylic acids is 1. The Kier molecular flexibility index (Phi) is 5.19. The lowest BCUT2D eigenvalue weighted by Gasteiger charge is -2.31. The second-order valence-corrected chi connectivity index (χ2v) is 7.98. The molecule has 3 unspecified atom stereocenters. The summed E-state index contributed by atoms with van der Waals surface area (Å²) in [5.74, 6) is -0.472. The number of hydrogen-bond acceptors (Lipinski definition) is 6. The van der Waals surface area contributed by atoms with Gasteiger partial charge in [0.2, 0.25) is 0 Å². The second kappa shape index (κ2) is 7.59. The van der Waals surface area contributed by atoms with Crippen LogP contribution < -0.4 is 16.2 Å². The maximum atomic E-state index is 12.8. The van der Waals surface area contributed by atoms with Crippen molar-refractivity contribution >= 4 is 11.7 Å². The van der Waals surface area contributed by atoms with Crippen LogP contribution in [0.3, 0.4) is 0 Å². The summed E-state index contributed by atoms with van der Waals surface area (Å²) in [7, 11) is 0. The van der Waals surface area contributed by atoms with Crippen LogP contribution in [0.2, 0.25) is 0 Å². The normalized spacial score (nSPS) is 29.7. The van der Waals surface area contributed by atoms with Crippen molar-refractivity contribution in [3.05, 3.63) is 22.4 Å². The zero-order chi connectivity index (χ0) is 19.0. The van der Waals surface area contributed by atoms with Crippen LogP contribution in [0, 0.1) is 5.92 Å². The molecule has 1 aromatic heterocycles. The van der Waals surface area contributed by atoms with Crippen LogP contribution in [-0.4, -0.2) is 45.5 Å². The number of aryl methyl sites for hydroxylation is 1. The van der Waals surface area contributed by atoms with Gasteiger partial charge in [0.25, 0.3) is 5.56 Å². The Morgan fingerprint density at radius 1 is 1.33 bits per heavy atom. The number of ether oxygens (including phenoxy) is 1. The molecule has 1 saturated carbocycles. The quantitative estimate of drug-likeness (QED) is 0.731. The Balaban J connectivity index is 1.47. The van der Waals surface area contributed by atoms with Gasteiger partial charge in [-0.25, -0.2) is 9.78 Å². The molecule has 2 aliphatic heterocycles.